The van der Waals surface area contributed by atoms with Gasteiger partial charge in [0.15, 0.2) is 0 Å². The largest absolute Gasteiger partial charge is 0.347 e. The molecule has 1 aromatic carbocycles. The van der Waals surface area contributed by atoms with Crippen molar-refractivity contribution in [2.75, 3.05) is 0 Å². The van der Waals surface area contributed by atoms with Gasteiger partial charge in [0.1, 0.15) is 0 Å². The van der Waals surface area contributed by atoms with Gasteiger partial charge in [-0.05, 0) is 31.9 Å². The van der Waals surface area contributed by atoms with Crippen LogP contribution in [0.2, 0.25) is 0 Å². The first-order chi connectivity index (χ1) is 8.91. The predicted octanol–water partition coefficient (Wildman–Crippen LogP) is 2.80. The predicted molar refractivity (Wildman–Crippen MR) is 67.4 cm³/mol. The number of rotatable bonds is 3. The van der Waals surface area contributed by atoms with Crippen LogP contribution in [0.15, 0.2) is 18.2 Å². The zero-order chi connectivity index (χ0) is 14.0. The van der Waals surface area contributed by atoms with E-state index < -0.39 is 22.3 Å². The number of nitro groups is 1. The van der Waals surface area contributed by atoms with E-state index in [0.29, 0.717) is 0 Å². The molecule has 0 unspecified atom stereocenters. The fraction of sp³-hybridized carbons (Fsp3) is 0.462. The minimum absolute atomic E-state index is 0.108. The molecule has 102 valence electrons. The quantitative estimate of drug-likeness (QED) is 0.675. The molecular weight excluding hydrogens is 251 g/mol. The highest BCUT2D eigenvalue weighted by Gasteiger charge is 2.30. The van der Waals surface area contributed by atoms with Crippen LogP contribution in [0.5, 0.6) is 0 Å². The van der Waals surface area contributed by atoms with Crippen molar-refractivity contribution in [2.45, 2.75) is 38.1 Å². The summed E-state index contributed by atoms with van der Waals surface area (Å²) in [6.07, 6.45) is 3.92. The first kappa shape index (κ1) is 13.5. The molecule has 0 radical (unpaired) electrons. The third kappa shape index (κ3) is 2.89. The van der Waals surface area contributed by atoms with Crippen molar-refractivity contribution in [1.29, 1.82) is 0 Å². The van der Waals surface area contributed by atoms with Gasteiger partial charge in [-0.2, -0.15) is 4.39 Å². The molecule has 0 atom stereocenters. The van der Waals surface area contributed by atoms with Gasteiger partial charge in [0.25, 0.3) is 5.91 Å². The molecule has 0 aromatic heterocycles. The van der Waals surface area contributed by atoms with Crippen molar-refractivity contribution in [1.82, 2.24) is 5.32 Å². The van der Waals surface area contributed by atoms with Crippen LogP contribution in [0, 0.1) is 15.9 Å². The normalized spacial score (nSPS) is 17.2. The Hall–Kier alpha value is -1.98. The maximum atomic E-state index is 13.4. The molecule has 5 nitrogen and oxygen atoms in total. The smallest absolute Gasteiger partial charge is 0.304 e. The van der Waals surface area contributed by atoms with E-state index in [0.717, 1.165) is 37.8 Å². The average molecular weight is 266 g/mol. The number of halogens is 1. The van der Waals surface area contributed by atoms with E-state index in [1.54, 1.807) is 0 Å². The fourth-order valence-electron chi connectivity index (χ4n) is 2.42. The summed E-state index contributed by atoms with van der Waals surface area (Å²) in [5.41, 5.74) is -0.769. The highest BCUT2D eigenvalue weighted by Crippen LogP contribution is 2.29. The molecule has 1 fully saturated rings. The summed E-state index contributed by atoms with van der Waals surface area (Å²) in [5.74, 6) is -1.38. The van der Waals surface area contributed by atoms with E-state index in [2.05, 4.69) is 5.32 Å². The molecule has 6 heteroatoms. The zero-order valence-corrected chi connectivity index (χ0v) is 10.6. The number of hydrogen-bond donors (Lipinski definition) is 1. The number of hydrogen-bond acceptors (Lipinski definition) is 3. The molecule has 1 aromatic rings. The van der Waals surface area contributed by atoms with Gasteiger partial charge in [0, 0.05) is 17.2 Å². The lowest BCUT2D eigenvalue weighted by molar-refractivity contribution is -0.387. The summed E-state index contributed by atoms with van der Waals surface area (Å²) >= 11 is 0. The van der Waals surface area contributed by atoms with E-state index in [4.69, 9.17) is 0 Å². The molecule has 1 aliphatic rings. The average Bonchev–Trinajstić information content (AvgIpc) is 2.75. The number of carbonyl (C=O) groups excluding carboxylic acids is 1. The van der Waals surface area contributed by atoms with Crippen molar-refractivity contribution >= 4 is 11.6 Å². The third-order valence-corrected chi connectivity index (χ3v) is 3.53. The first-order valence-corrected chi connectivity index (χ1v) is 6.18. The summed E-state index contributed by atoms with van der Waals surface area (Å²) in [5, 5.41) is 13.4. The molecule has 0 bridgehead atoms. The van der Waals surface area contributed by atoms with Crippen molar-refractivity contribution in [3.8, 4) is 0 Å². The molecule has 2 rings (SSSR count). The minimum atomic E-state index is -0.991. The monoisotopic (exact) mass is 266 g/mol. The highest BCUT2D eigenvalue weighted by atomic mass is 19.1. The fourth-order valence-corrected chi connectivity index (χ4v) is 2.42. The lowest BCUT2D eigenvalue weighted by atomic mass is 10.00. The van der Waals surface area contributed by atoms with Crippen LogP contribution in [0.1, 0.15) is 43.0 Å². The Balaban J connectivity index is 2.16. The van der Waals surface area contributed by atoms with Gasteiger partial charge in [0.05, 0.1) is 4.92 Å². The number of carbonyl (C=O) groups is 1. The van der Waals surface area contributed by atoms with Crippen molar-refractivity contribution in [3.63, 3.8) is 0 Å². The van der Waals surface area contributed by atoms with Gasteiger partial charge >= 0.3 is 5.69 Å². The Bertz CT molecular complexity index is 525. The number of amides is 1. The molecule has 1 N–H and O–H groups in total. The van der Waals surface area contributed by atoms with Crippen LogP contribution in [0.3, 0.4) is 0 Å². The van der Waals surface area contributed by atoms with Gasteiger partial charge in [-0.25, -0.2) is 0 Å². The third-order valence-electron chi connectivity index (χ3n) is 3.53. The van der Waals surface area contributed by atoms with Gasteiger partial charge in [0.2, 0.25) is 5.82 Å². The van der Waals surface area contributed by atoms with Gasteiger partial charge < -0.3 is 5.32 Å². The second-order valence-electron chi connectivity index (χ2n) is 5.15. The van der Waals surface area contributed by atoms with Crippen LogP contribution in [-0.4, -0.2) is 16.4 Å². The molecule has 0 spiro atoms. The van der Waals surface area contributed by atoms with Crippen LogP contribution in [0.4, 0.5) is 10.1 Å². The van der Waals surface area contributed by atoms with E-state index in [9.17, 15) is 19.3 Å². The van der Waals surface area contributed by atoms with Crippen molar-refractivity contribution in [2.24, 2.45) is 0 Å². The van der Waals surface area contributed by atoms with Crippen molar-refractivity contribution < 1.29 is 14.1 Å². The van der Waals surface area contributed by atoms with E-state index in [1.807, 2.05) is 6.92 Å². The topological polar surface area (TPSA) is 72.2 Å². The maximum absolute atomic E-state index is 13.4. The van der Waals surface area contributed by atoms with Crippen LogP contribution in [-0.2, 0) is 0 Å². The van der Waals surface area contributed by atoms with E-state index >= 15 is 0 Å². The lowest BCUT2D eigenvalue weighted by Crippen LogP contribution is -2.43. The van der Waals surface area contributed by atoms with Gasteiger partial charge in [-0.3, -0.25) is 14.9 Å². The summed E-state index contributed by atoms with van der Waals surface area (Å²) < 4.78 is 13.4. The van der Waals surface area contributed by atoms with Crippen LogP contribution >= 0.6 is 0 Å². The van der Waals surface area contributed by atoms with Gasteiger partial charge in [-0.1, -0.05) is 12.8 Å². The summed E-state index contributed by atoms with van der Waals surface area (Å²) in [7, 11) is 0. The minimum Gasteiger partial charge on any atom is -0.347 e. The number of nitrogens with zero attached hydrogens (tertiary/aromatic N) is 1. The Kier molecular flexibility index (Phi) is 3.50. The van der Waals surface area contributed by atoms with E-state index in [-0.39, 0.29) is 11.1 Å². The Labute approximate surface area is 110 Å². The molecular formula is C13H15FN2O3. The number of nitrogens with one attached hydrogen (secondary N) is 1. The molecule has 1 amide bonds. The molecule has 1 saturated carbocycles. The van der Waals surface area contributed by atoms with E-state index in [1.165, 1.54) is 6.07 Å². The second kappa shape index (κ2) is 4.95. The summed E-state index contributed by atoms with van der Waals surface area (Å²) in [6, 6.07) is 3.20. The zero-order valence-electron chi connectivity index (χ0n) is 10.6. The molecule has 19 heavy (non-hydrogen) atoms. The maximum Gasteiger partial charge on any atom is 0.304 e. The molecule has 0 aliphatic heterocycles. The molecule has 0 heterocycles. The van der Waals surface area contributed by atoms with Crippen LogP contribution < -0.4 is 5.32 Å². The highest BCUT2D eigenvalue weighted by molar-refractivity contribution is 5.95. The summed E-state index contributed by atoms with van der Waals surface area (Å²) in [6.45, 7) is 1.96. The SMILES string of the molecule is CC1(NC(=O)c2ccc([N+](=O)[O-])c(F)c2)CCCC1. The number of nitro benzene ring substituents is 1. The molecule has 1 aliphatic carbocycles. The standard InChI is InChI=1S/C13H15FN2O3/c1-13(6-2-3-7-13)15-12(17)9-4-5-11(16(18)19)10(14)8-9/h4-5,8H,2-3,6-7H2,1H3,(H,15,17). The Morgan fingerprint density at radius 2 is 2.05 bits per heavy atom. The summed E-state index contributed by atoms with van der Waals surface area (Å²) in [4.78, 5) is 21.7. The number of benzene rings is 1. The molecule has 0 saturated heterocycles. The van der Waals surface area contributed by atoms with Crippen molar-refractivity contribution in [3.05, 3.63) is 39.7 Å². The second-order valence-corrected chi connectivity index (χ2v) is 5.15. The first-order valence-electron chi connectivity index (χ1n) is 6.18. The lowest BCUT2D eigenvalue weighted by Gasteiger charge is -2.25. The Morgan fingerprint density at radius 1 is 1.42 bits per heavy atom. The van der Waals surface area contributed by atoms with Gasteiger partial charge in [-0.15, -0.1) is 0 Å². The Morgan fingerprint density at radius 3 is 2.58 bits per heavy atom. The van der Waals surface area contributed by atoms with Crippen LogP contribution in [0.25, 0.3) is 0 Å².